The average molecular weight is 469 g/mol. The minimum atomic E-state index is -4.25. The van der Waals surface area contributed by atoms with E-state index in [0.717, 1.165) is 11.6 Å². The van der Waals surface area contributed by atoms with E-state index in [9.17, 15) is 22.4 Å². The molecule has 0 aromatic heterocycles. The van der Waals surface area contributed by atoms with E-state index < -0.39 is 34.3 Å². The van der Waals surface area contributed by atoms with Crippen LogP contribution in [-0.2, 0) is 14.8 Å². The molecule has 1 amide bonds. The largest absolute Gasteiger partial charge is 0.478 e. The van der Waals surface area contributed by atoms with Gasteiger partial charge in [-0.25, -0.2) is 23.0 Å². The zero-order valence-electron chi connectivity index (χ0n) is 17.5. The number of halogens is 1. The van der Waals surface area contributed by atoms with Gasteiger partial charge in [0.2, 0.25) is 0 Å². The van der Waals surface area contributed by atoms with E-state index in [1.807, 2.05) is 0 Å². The number of hydrogen-bond acceptors (Lipinski definition) is 5. The summed E-state index contributed by atoms with van der Waals surface area (Å²) in [6.45, 7) is 1.08. The van der Waals surface area contributed by atoms with Gasteiger partial charge in [-0.1, -0.05) is 42.0 Å². The quantitative estimate of drug-likeness (QED) is 0.388. The van der Waals surface area contributed by atoms with Crippen molar-refractivity contribution in [1.82, 2.24) is 5.43 Å². The minimum Gasteiger partial charge on any atom is -0.478 e. The fraction of sp³-hybridized carbons (Fsp3) is 0.0870. The number of carbonyl (C=O) groups is 2. The number of carboxylic acids is 1. The molecule has 0 unspecified atom stereocenters. The van der Waals surface area contributed by atoms with Gasteiger partial charge in [-0.3, -0.25) is 9.10 Å². The smallest absolute Gasteiger partial charge is 0.335 e. The van der Waals surface area contributed by atoms with Crippen molar-refractivity contribution in [2.24, 2.45) is 5.10 Å². The van der Waals surface area contributed by atoms with Gasteiger partial charge in [0.05, 0.1) is 22.4 Å². The second-order valence-corrected chi connectivity index (χ2v) is 8.86. The molecule has 2 N–H and O–H groups in total. The molecule has 3 aromatic carbocycles. The van der Waals surface area contributed by atoms with Crippen LogP contribution in [0.3, 0.4) is 0 Å². The summed E-state index contributed by atoms with van der Waals surface area (Å²) in [4.78, 5) is 23.3. The number of aryl methyl sites for hydroxylation is 1. The van der Waals surface area contributed by atoms with Crippen molar-refractivity contribution in [2.75, 3.05) is 10.8 Å². The molecule has 0 aliphatic carbocycles. The van der Waals surface area contributed by atoms with Gasteiger partial charge in [0.25, 0.3) is 15.9 Å². The SMILES string of the molecule is Cc1ccc(S(=O)(=O)N(CC(=O)N/N=C\c2ccc(C(=O)O)cc2)c2ccccc2F)cc1. The van der Waals surface area contributed by atoms with E-state index in [4.69, 9.17) is 5.11 Å². The molecule has 8 nitrogen and oxygen atoms in total. The molecule has 0 saturated carbocycles. The van der Waals surface area contributed by atoms with Gasteiger partial charge in [-0.05, 0) is 48.9 Å². The fourth-order valence-corrected chi connectivity index (χ4v) is 4.28. The van der Waals surface area contributed by atoms with Gasteiger partial charge in [-0.15, -0.1) is 0 Å². The van der Waals surface area contributed by atoms with Crippen LogP contribution in [0.1, 0.15) is 21.5 Å². The normalized spacial score (nSPS) is 11.3. The van der Waals surface area contributed by atoms with E-state index in [0.29, 0.717) is 9.87 Å². The summed E-state index contributed by atoms with van der Waals surface area (Å²) in [5.41, 5.74) is 3.38. The van der Waals surface area contributed by atoms with Crippen LogP contribution in [0.25, 0.3) is 0 Å². The molecule has 0 radical (unpaired) electrons. The van der Waals surface area contributed by atoms with Crippen molar-refractivity contribution < 1.29 is 27.5 Å². The molecule has 0 atom stereocenters. The van der Waals surface area contributed by atoms with Crippen molar-refractivity contribution in [1.29, 1.82) is 0 Å². The monoisotopic (exact) mass is 469 g/mol. The number of hydrazone groups is 1. The topological polar surface area (TPSA) is 116 Å². The molecule has 33 heavy (non-hydrogen) atoms. The van der Waals surface area contributed by atoms with E-state index in [-0.39, 0.29) is 16.1 Å². The first-order valence-electron chi connectivity index (χ1n) is 9.67. The lowest BCUT2D eigenvalue weighted by Crippen LogP contribution is -2.40. The highest BCUT2D eigenvalue weighted by molar-refractivity contribution is 7.92. The summed E-state index contributed by atoms with van der Waals surface area (Å²) < 4.78 is 41.5. The summed E-state index contributed by atoms with van der Waals surface area (Å²) in [6, 6.07) is 17.0. The number of aromatic carboxylic acids is 1. The Labute approximate surface area is 190 Å². The molecule has 0 bridgehead atoms. The van der Waals surface area contributed by atoms with Gasteiger partial charge in [0.15, 0.2) is 0 Å². The molecular formula is C23H20FN3O5S. The first kappa shape index (κ1) is 23.6. The van der Waals surface area contributed by atoms with E-state index in [1.165, 1.54) is 60.8 Å². The Bertz CT molecular complexity index is 1290. The van der Waals surface area contributed by atoms with Crippen molar-refractivity contribution >= 4 is 33.8 Å². The molecule has 0 spiro atoms. The Kier molecular flexibility index (Phi) is 7.19. The van der Waals surface area contributed by atoms with E-state index in [2.05, 4.69) is 10.5 Å². The Morgan fingerprint density at radius 2 is 1.67 bits per heavy atom. The molecule has 170 valence electrons. The summed E-state index contributed by atoms with van der Waals surface area (Å²) in [5, 5.41) is 12.7. The fourth-order valence-electron chi connectivity index (χ4n) is 2.85. The van der Waals surface area contributed by atoms with Gasteiger partial charge >= 0.3 is 5.97 Å². The van der Waals surface area contributed by atoms with Crippen molar-refractivity contribution in [3.63, 3.8) is 0 Å². The summed E-state index contributed by atoms with van der Waals surface area (Å²) in [5.74, 6) is -2.68. The number of para-hydroxylation sites is 1. The Morgan fingerprint density at radius 3 is 2.27 bits per heavy atom. The van der Waals surface area contributed by atoms with Gasteiger partial charge < -0.3 is 5.11 Å². The zero-order chi connectivity index (χ0) is 24.0. The number of sulfonamides is 1. The van der Waals surface area contributed by atoms with Crippen molar-refractivity contribution in [3.8, 4) is 0 Å². The maximum Gasteiger partial charge on any atom is 0.335 e. The highest BCUT2D eigenvalue weighted by Gasteiger charge is 2.29. The number of rotatable bonds is 8. The van der Waals surface area contributed by atoms with Gasteiger partial charge in [-0.2, -0.15) is 5.10 Å². The van der Waals surface area contributed by atoms with Gasteiger partial charge in [0.1, 0.15) is 12.4 Å². The number of benzene rings is 3. The molecule has 0 heterocycles. The highest BCUT2D eigenvalue weighted by Crippen LogP contribution is 2.26. The third-order valence-corrected chi connectivity index (χ3v) is 6.35. The van der Waals surface area contributed by atoms with Crippen LogP contribution in [0.15, 0.2) is 82.8 Å². The minimum absolute atomic E-state index is 0.0915. The van der Waals surface area contributed by atoms with Crippen LogP contribution in [0.4, 0.5) is 10.1 Å². The Balaban J connectivity index is 1.81. The molecule has 0 fully saturated rings. The predicted molar refractivity (Wildman–Crippen MR) is 121 cm³/mol. The van der Waals surface area contributed by atoms with Crippen LogP contribution >= 0.6 is 0 Å². The lowest BCUT2D eigenvalue weighted by atomic mass is 10.1. The first-order valence-corrected chi connectivity index (χ1v) is 11.1. The lowest BCUT2D eigenvalue weighted by Gasteiger charge is -2.24. The lowest BCUT2D eigenvalue weighted by molar-refractivity contribution is -0.119. The predicted octanol–water partition coefficient (Wildman–Crippen LogP) is 3.18. The van der Waals surface area contributed by atoms with E-state index >= 15 is 0 Å². The molecular weight excluding hydrogens is 449 g/mol. The van der Waals surface area contributed by atoms with Crippen molar-refractivity contribution in [2.45, 2.75) is 11.8 Å². The Hall–Kier alpha value is -4.05. The maximum absolute atomic E-state index is 14.5. The standard InChI is InChI=1S/C23H20FN3O5S/c1-16-6-12-19(13-7-16)33(31,32)27(21-5-3-2-4-20(21)24)15-22(28)26-25-14-17-8-10-18(11-9-17)23(29)30/h2-14H,15H2,1H3,(H,26,28)(H,29,30)/b25-14-. The number of amides is 1. The number of anilines is 1. The van der Waals surface area contributed by atoms with Gasteiger partial charge in [0, 0.05) is 0 Å². The van der Waals surface area contributed by atoms with Crippen LogP contribution in [0.5, 0.6) is 0 Å². The molecule has 0 saturated heterocycles. The number of nitrogens with one attached hydrogen (secondary N) is 1. The van der Waals surface area contributed by atoms with E-state index in [1.54, 1.807) is 19.1 Å². The third-order valence-electron chi connectivity index (χ3n) is 4.58. The maximum atomic E-state index is 14.5. The van der Waals surface area contributed by atoms with Crippen LogP contribution < -0.4 is 9.73 Å². The summed E-state index contributed by atoms with van der Waals surface area (Å²) in [7, 11) is -4.25. The number of nitrogens with zero attached hydrogens (tertiary/aromatic N) is 2. The zero-order valence-corrected chi connectivity index (χ0v) is 18.3. The molecule has 3 rings (SSSR count). The highest BCUT2D eigenvalue weighted by atomic mass is 32.2. The molecule has 3 aromatic rings. The third kappa shape index (κ3) is 5.80. The number of hydrogen-bond donors (Lipinski definition) is 2. The molecule has 0 aliphatic rings. The average Bonchev–Trinajstić information content (AvgIpc) is 2.78. The van der Waals surface area contributed by atoms with Crippen LogP contribution in [0.2, 0.25) is 0 Å². The molecule has 0 aliphatic heterocycles. The number of carboxylic acid groups (broad SMARTS) is 1. The second-order valence-electron chi connectivity index (χ2n) is 7.00. The second kappa shape index (κ2) is 10.0. The summed E-state index contributed by atoms with van der Waals surface area (Å²) in [6.07, 6.45) is 1.27. The first-order chi connectivity index (χ1) is 15.7. The number of carbonyl (C=O) groups excluding carboxylic acids is 1. The van der Waals surface area contributed by atoms with Crippen LogP contribution in [0, 0.1) is 12.7 Å². The Morgan fingerprint density at radius 1 is 1.03 bits per heavy atom. The summed E-state index contributed by atoms with van der Waals surface area (Å²) >= 11 is 0. The molecule has 10 heteroatoms. The van der Waals surface area contributed by atoms with Crippen LogP contribution in [-0.4, -0.2) is 38.2 Å². The van der Waals surface area contributed by atoms with Crippen molar-refractivity contribution in [3.05, 3.63) is 95.3 Å².